The highest BCUT2D eigenvalue weighted by Crippen LogP contribution is 2.67. The number of aliphatic hydroxyl groups excluding tert-OH is 1. The van der Waals surface area contributed by atoms with E-state index < -0.39 is 28.7 Å². The molecule has 2 bridgehead atoms. The van der Waals surface area contributed by atoms with Crippen LogP contribution in [0.4, 0.5) is 0 Å². The van der Waals surface area contributed by atoms with Crippen molar-refractivity contribution in [3.05, 3.63) is 48.6 Å². The van der Waals surface area contributed by atoms with Crippen molar-refractivity contribution in [3.8, 4) is 0 Å². The van der Waals surface area contributed by atoms with Crippen molar-refractivity contribution in [2.24, 2.45) is 11.8 Å². The van der Waals surface area contributed by atoms with Crippen LogP contribution in [-0.2, 0) is 19.1 Å². The van der Waals surface area contributed by atoms with Crippen LogP contribution in [0.2, 0.25) is 0 Å². The van der Waals surface area contributed by atoms with Crippen LogP contribution in [0.1, 0.15) is 63.5 Å². The summed E-state index contributed by atoms with van der Waals surface area (Å²) in [6.45, 7) is 6.08. The Kier molecular flexibility index (Phi) is 7.68. The molecule has 3 heterocycles. The van der Waals surface area contributed by atoms with Crippen LogP contribution >= 0.6 is 11.8 Å². The minimum absolute atomic E-state index is 0.0303. The first-order valence-corrected chi connectivity index (χ1v) is 14.6. The van der Waals surface area contributed by atoms with Crippen LogP contribution in [0.15, 0.2) is 43.0 Å². The van der Waals surface area contributed by atoms with Crippen LogP contribution in [0.3, 0.4) is 0 Å². The van der Waals surface area contributed by atoms with Gasteiger partial charge in [-0.2, -0.15) is 0 Å². The third kappa shape index (κ3) is 4.30. The number of esters is 1. The van der Waals surface area contributed by atoms with Crippen molar-refractivity contribution < 1.29 is 24.2 Å². The predicted octanol–water partition coefficient (Wildman–Crippen LogP) is 3.72. The third-order valence-corrected chi connectivity index (χ3v) is 10.8. The average Bonchev–Trinajstić information content (AvgIpc) is 3.56. The number of aliphatic hydroxyl groups is 1. The van der Waals surface area contributed by atoms with Crippen molar-refractivity contribution in [2.75, 3.05) is 19.8 Å². The summed E-state index contributed by atoms with van der Waals surface area (Å²) in [5.74, 6) is -1.82. The van der Waals surface area contributed by atoms with Gasteiger partial charge in [0.2, 0.25) is 11.8 Å². The molecule has 1 spiro atoms. The van der Waals surface area contributed by atoms with E-state index in [1.165, 1.54) is 6.42 Å². The van der Waals surface area contributed by atoms with Crippen LogP contribution < -0.4 is 0 Å². The van der Waals surface area contributed by atoms with Gasteiger partial charge in [-0.15, -0.1) is 18.3 Å². The number of amides is 2. The molecule has 1 aromatic carbocycles. The van der Waals surface area contributed by atoms with Crippen molar-refractivity contribution in [3.63, 3.8) is 0 Å². The molecular formula is C29H38N2O5S. The predicted molar refractivity (Wildman–Crippen MR) is 143 cm³/mol. The number of ether oxygens (including phenoxy) is 1. The highest BCUT2D eigenvalue weighted by molar-refractivity contribution is 8.02. The highest BCUT2D eigenvalue weighted by atomic mass is 32.2. The Balaban J connectivity index is 1.60. The number of hydrogen-bond donors (Lipinski definition) is 1. The molecule has 2 amide bonds. The Labute approximate surface area is 223 Å². The number of carbonyl (C=O) groups is 3. The van der Waals surface area contributed by atoms with Gasteiger partial charge in [0.1, 0.15) is 6.04 Å². The molecular weight excluding hydrogens is 488 g/mol. The summed E-state index contributed by atoms with van der Waals surface area (Å²) in [4.78, 5) is 45.7. The maximum Gasteiger partial charge on any atom is 0.310 e. The molecule has 4 aliphatic rings. The summed E-state index contributed by atoms with van der Waals surface area (Å²) in [6, 6.07) is 8.11. The van der Waals surface area contributed by atoms with Crippen molar-refractivity contribution in [1.29, 1.82) is 0 Å². The molecule has 1 aromatic rings. The van der Waals surface area contributed by atoms with Gasteiger partial charge >= 0.3 is 5.97 Å². The van der Waals surface area contributed by atoms with Crippen molar-refractivity contribution in [1.82, 2.24) is 9.80 Å². The molecule has 0 radical (unpaired) electrons. The van der Waals surface area contributed by atoms with E-state index in [1.54, 1.807) is 29.7 Å². The van der Waals surface area contributed by atoms with Crippen LogP contribution in [0.25, 0.3) is 0 Å². The van der Waals surface area contributed by atoms with E-state index in [1.807, 2.05) is 35.2 Å². The molecule has 3 aliphatic heterocycles. The van der Waals surface area contributed by atoms with Gasteiger partial charge < -0.3 is 19.6 Å². The molecule has 0 aromatic heterocycles. The second kappa shape index (κ2) is 10.8. The fourth-order valence-corrected chi connectivity index (χ4v) is 9.54. The number of thioether (sulfide) groups is 1. The maximum atomic E-state index is 14.6. The number of likely N-dealkylation sites (tertiary alicyclic amines) is 1. The fourth-order valence-electron chi connectivity index (χ4n) is 7.35. The Hall–Kier alpha value is -2.32. The lowest BCUT2D eigenvalue weighted by Crippen LogP contribution is -2.57. The van der Waals surface area contributed by atoms with Gasteiger partial charge in [0.05, 0.1) is 35.8 Å². The quantitative estimate of drug-likeness (QED) is 0.390. The molecule has 1 saturated carbocycles. The van der Waals surface area contributed by atoms with E-state index in [0.717, 1.165) is 37.7 Å². The van der Waals surface area contributed by atoms with E-state index >= 15 is 0 Å². The molecule has 37 heavy (non-hydrogen) atoms. The first-order chi connectivity index (χ1) is 18.0. The SMILES string of the molecule is C=CCN(C(=O)C1N([C@H](CO)c2ccccc2)C(=O)[C@@H]2[C@H](C(=O)OCC)[C@@H]3CCC12S3)C1CCCCC1. The van der Waals surface area contributed by atoms with Crippen molar-refractivity contribution in [2.45, 2.75) is 80.0 Å². The number of fused-ring (bicyclic) bond motifs is 1. The smallest absolute Gasteiger partial charge is 0.310 e. The Morgan fingerprint density at radius 3 is 2.62 bits per heavy atom. The lowest BCUT2D eigenvalue weighted by atomic mass is 9.71. The van der Waals surface area contributed by atoms with E-state index in [9.17, 15) is 19.5 Å². The zero-order chi connectivity index (χ0) is 26.2. The summed E-state index contributed by atoms with van der Waals surface area (Å²) in [6.07, 6.45) is 8.46. The largest absolute Gasteiger partial charge is 0.466 e. The summed E-state index contributed by atoms with van der Waals surface area (Å²) in [7, 11) is 0. The van der Waals surface area contributed by atoms with Crippen LogP contribution in [0, 0.1) is 11.8 Å². The van der Waals surface area contributed by atoms with Gasteiger partial charge in [-0.3, -0.25) is 14.4 Å². The molecule has 200 valence electrons. The molecule has 6 atom stereocenters. The van der Waals surface area contributed by atoms with E-state index in [4.69, 9.17) is 4.74 Å². The molecule has 8 heteroatoms. The minimum atomic E-state index is -0.751. The van der Waals surface area contributed by atoms with E-state index in [2.05, 4.69) is 6.58 Å². The minimum Gasteiger partial charge on any atom is -0.466 e. The van der Waals surface area contributed by atoms with Crippen LogP contribution in [0.5, 0.6) is 0 Å². The number of rotatable bonds is 9. The Morgan fingerprint density at radius 1 is 1.24 bits per heavy atom. The molecule has 1 aliphatic carbocycles. The second-order valence-electron chi connectivity index (χ2n) is 10.7. The maximum absolute atomic E-state index is 14.6. The first kappa shape index (κ1) is 26.3. The van der Waals surface area contributed by atoms with Gasteiger partial charge in [-0.1, -0.05) is 55.7 Å². The second-order valence-corrected chi connectivity index (χ2v) is 12.3. The monoisotopic (exact) mass is 526 g/mol. The van der Waals surface area contributed by atoms with E-state index in [-0.39, 0.29) is 42.3 Å². The molecule has 1 N–H and O–H groups in total. The Morgan fingerprint density at radius 2 is 1.97 bits per heavy atom. The number of carbonyl (C=O) groups excluding carboxylic acids is 3. The number of hydrogen-bond acceptors (Lipinski definition) is 6. The summed E-state index contributed by atoms with van der Waals surface area (Å²) < 4.78 is 4.73. The van der Waals surface area contributed by atoms with Crippen LogP contribution in [-0.4, -0.2) is 74.5 Å². The summed E-state index contributed by atoms with van der Waals surface area (Å²) >= 11 is 1.64. The van der Waals surface area contributed by atoms with E-state index in [0.29, 0.717) is 13.0 Å². The molecule has 5 rings (SSSR count). The van der Waals surface area contributed by atoms with Gasteiger partial charge in [0.25, 0.3) is 0 Å². The zero-order valence-electron chi connectivity index (χ0n) is 21.6. The first-order valence-electron chi connectivity index (χ1n) is 13.7. The fraction of sp³-hybridized carbons (Fsp3) is 0.621. The Bertz CT molecular complexity index is 1030. The standard InChI is InChI=1S/C29H38N2O5S/c1-3-17-30(20-13-9-6-10-14-20)27(34)25-29-16-15-22(37-29)23(28(35)36-4-2)24(29)26(33)31(25)21(18-32)19-11-7-5-8-12-19/h3,5,7-8,11-12,20-25,32H,1,4,6,9-10,13-18H2,2H3/t21-,22+,23-,24+,25?,29?/m1/s1. The van der Waals surface area contributed by atoms with Gasteiger partial charge in [0, 0.05) is 17.8 Å². The average molecular weight is 527 g/mol. The normalized spacial score (nSPS) is 31.7. The zero-order valence-corrected chi connectivity index (χ0v) is 22.4. The number of benzene rings is 1. The summed E-state index contributed by atoms with van der Waals surface area (Å²) in [5, 5.41) is 10.6. The molecule has 2 unspecified atom stereocenters. The van der Waals surface area contributed by atoms with Crippen molar-refractivity contribution >= 4 is 29.5 Å². The molecule has 7 nitrogen and oxygen atoms in total. The third-order valence-electron chi connectivity index (χ3n) is 8.85. The van der Waals surface area contributed by atoms with Gasteiger partial charge in [0.15, 0.2) is 0 Å². The molecule has 4 fully saturated rings. The molecule has 3 saturated heterocycles. The van der Waals surface area contributed by atoms with Gasteiger partial charge in [-0.25, -0.2) is 0 Å². The topological polar surface area (TPSA) is 87.2 Å². The summed E-state index contributed by atoms with van der Waals surface area (Å²) in [5.41, 5.74) is 0.785. The highest BCUT2D eigenvalue weighted by Gasteiger charge is 2.75. The lowest BCUT2D eigenvalue weighted by Gasteiger charge is -2.42. The lowest BCUT2D eigenvalue weighted by molar-refractivity contribution is -0.154. The number of nitrogens with zero attached hydrogens (tertiary/aromatic N) is 2. The van der Waals surface area contributed by atoms with Gasteiger partial charge in [-0.05, 0) is 38.2 Å².